The van der Waals surface area contributed by atoms with Crippen LogP contribution < -0.4 is 0 Å². The van der Waals surface area contributed by atoms with Crippen LogP contribution in [-0.4, -0.2) is 37.1 Å². The van der Waals surface area contributed by atoms with Crippen molar-refractivity contribution in [3.63, 3.8) is 0 Å². The van der Waals surface area contributed by atoms with E-state index in [0.29, 0.717) is 30.4 Å². The molecule has 7 nitrogen and oxygen atoms in total. The molecule has 0 aliphatic carbocycles. The van der Waals surface area contributed by atoms with Gasteiger partial charge in [0.05, 0.1) is 18.7 Å². The Balaban J connectivity index is 1.49. The first kappa shape index (κ1) is 15.6. The lowest BCUT2D eigenvalue weighted by Crippen LogP contribution is -2.39. The van der Waals surface area contributed by atoms with Gasteiger partial charge in [-0.15, -0.1) is 10.2 Å². The van der Waals surface area contributed by atoms with E-state index in [1.54, 1.807) is 4.90 Å². The molecule has 0 fully saturated rings. The molecule has 0 spiro atoms. The van der Waals surface area contributed by atoms with Gasteiger partial charge >= 0.3 is 0 Å². The Labute approximate surface area is 145 Å². The Hall–Kier alpha value is -2.96. The largest absolute Gasteiger partial charge is 0.441 e. The number of carbonyl (C=O) groups excluding carboxylic acids is 1. The number of carbonyl (C=O) groups is 1. The third-order valence-corrected chi connectivity index (χ3v) is 4.52. The maximum absolute atomic E-state index is 12.7. The number of aryl methyl sites for hydroxylation is 2. The second-order valence-electron chi connectivity index (χ2n) is 6.20. The van der Waals surface area contributed by atoms with E-state index in [0.717, 1.165) is 23.8 Å². The Morgan fingerprint density at radius 1 is 1.16 bits per heavy atom. The standard InChI is InChI=1S/C18H19N5O2/c1-12-15(19-18(25-12)14-6-4-3-5-7-14)10-17(24)22-8-9-23-13(2)20-21-16(23)11-22/h3-7H,8-11H2,1-2H3. The van der Waals surface area contributed by atoms with Gasteiger partial charge in [0.2, 0.25) is 11.8 Å². The van der Waals surface area contributed by atoms with Gasteiger partial charge in [-0.25, -0.2) is 4.98 Å². The fourth-order valence-electron chi connectivity index (χ4n) is 3.07. The van der Waals surface area contributed by atoms with Crippen molar-refractivity contribution in [3.05, 3.63) is 53.4 Å². The first-order valence-electron chi connectivity index (χ1n) is 8.30. The SMILES string of the molecule is Cc1oc(-c2ccccc2)nc1CC(=O)N1CCn2c(C)nnc2C1. The van der Waals surface area contributed by atoms with Crippen LogP contribution in [0, 0.1) is 13.8 Å². The molecule has 0 N–H and O–H groups in total. The summed E-state index contributed by atoms with van der Waals surface area (Å²) in [7, 11) is 0. The molecule has 0 radical (unpaired) electrons. The fourth-order valence-corrected chi connectivity index (χ4v) is 3.07. The molecule has 1 aliphatic rings. The van der Waals surface area contributed by atoms with Crippen LogP contribution in [0.5, 0.6) is 0 Å². The Morgan fingerprint density at radius 3 is 2.76 bits per heavy atom. The highest BCUT2D eigenvalue weighted by Crippen LogP contribution is 2.22. The number of hydrogen-bond acceptors (Lipinski definition) is 5. The zero-order valence-electron chi connectivity index (χ0n) is 14.3. The van der Waals surface area contributed by atoms with Gasteiger partial charge in [-0.1, -0.05) is 18.2 Å². The Morgan fingerprint density at radius 2 is 1.96 bits per heavy atom. The van der Waals surface area contributed by atoms with E-state index in [-0.39, 0.29) is 12.3 Å². The van der Waals surface area contributed by atoms with Crippen LogP contribution in [0.3, 0.4) is 0 Å². The average Bonchev–Trinajstić information content (AvgIpc) is 3.19. The van der Waals surface area contributed by atoms with Crippen LogP contribution in [0.1, 0.15) is 23.1 Å². The monoisotopic (exact) mass is 337 g/mol. The quantitative estimate of drug-likeness (QED) is 0.732. The second-order valence-corrected chi connectivity index (χ2v) is 6.20. The van der Waals surface area contributed by atoms with Gasteiger partial charge in [-0.05, 0) is 26.0 Å². The van der Waals surface area contributed by atoms with Crippen LogP contribution in [0.4, 0.5) is 0 Å². The molecule has 7 heteroatoms. The predicted molar refractivity (Wildman–Crippen MR) is 90.6 cm³/mol. The highest BCUT2D eigenvalue weighted by Gasteiger charge is 2.25. The number of oxazole rings is 1. The summed E-state index contributed by atoms with van der Waals surface area (Å²) in [4.78, 5) is 19.0. The smallest absolute Gasteiger partial charge is 0.229 e. The molecule has 128 valence electrons. The summed E-state index contributed by atoms with van der Waals surface area (Å²) in [6.07, 6.45) is 0.231. The number of fused-ring (bicyclic) bond motifs is 1. The van der Waals surface area contributed by atoms with E-state index in [2.05, 4.69) is 19.7 Å². The van der Waals surface area contributed by atoms with Crippen molar-refractivity contribution in [2.75, 3.05) is 6.54 Å². The average molecular weight is 337 g/mol. The summed E-state index contributed by atoms with van der Waals surface area (Å²) < 4.78 is 7.79. The van der Waals surface area contributed by atoms with Crippen LogP contribution in [-0.2, 0) is 24.3 Å². The molecule has 3 aromatic rings. The summed E-state index contributed by atoms with van der Waals surface area (Å²) in [6.45, 7) is 5.65. The first-order valence-corrected chi connectivity index (χ1v) is 8.30. The summed E-state index contributed by atoms with van der Waals surface area (Å²) in [6, 6.07) is 9.70. The van der Waals surface area contributed by atoms with Gasteiger partial charge in [-0.3, -0.25) is 4.79 Å². The van der Waals surface area contributed by atoms with Crippen LogP contribution in [0.2, 0.25) is 0 Å². The van der Waals surface area contributed by atoms with Crippen molar-refractivity contribution in [1.82, 2.24) is 24.6 Å². The van der Waals surface area contributed by atoms with Crippen LogP contribution >= 0.6 is 0 Å². The normalized spacial score (nSPS) is 13.8. The predicted octanol–water partition coefficient (Wildman–Crippen LogP) is 2.13. The number of rotatable bonds is 3. The summed E-state index contributed by atoms with van der Waals surface area (Å²) >= 11 is 0. The van der Waals surface area contributed by atoms with E-state index in [9.17, 15) is 4.79 Å². The molecule has 1 amide bonds. The van der Waals surface area contributed by atoms with E-state index in [1.165, 1.54) is 0 Å². The van der Waals surface area contributed by atoms with Crippen molar-refractivity contribution < 1.29 is 9.21 Å². The van der Waals surface area contributed by atoms with Gasteiger partial charge < -0.3 is 13.9 Å². The molecule has 4 rings (SSSR count). The number of nitrogens with zero attached hydrogens (tertiary/aromatic N) is 5. The molecule has 25 heavy (non-hydrogen) atoms. The molecule has 0 atom stereocenters. The molecule has 1 aromatic carbocycles. The van der Waals surface area contributed by atoms with Gasteiger partial charge in [0.1, 0.15) is 11.6 Å². The Bertz CT molecular complexity index is 913. The maximum Gasteiger partial charge on any atom is 0.229 e. The third-order valence-electron chi connectivity index (χ3n) is 4.52. The minimum absolute atomic E-state index is 0.0305. The van der Waals surface area contributed by atoms with Gasteiger partial charge in [0, 0.05) is 18.7 Å². The molecule has 0 saturated carbocycles. The number of benzene rings is 1. The van der Waals surface area contributed by atoms with Crippen molar-refractivity contribution in [2.45, 2.75) is 33.4 Å². The van der Waals surface area contributed by atoms with E-state index in [4.69, 9.17) is 4.42 Å². The van der Waals surface area contributed by atoms with Crippen molar-refractivity contribution in [3.8, 4) is 11.5 Å². The van der Waals surface area contributed by atoms with Crippen LogP contribution in [0.25, 0.3) is 11.5 Å². The maximum atomic E-state index is 12.7. The molecular weight excluding hydrogens is 318 g/mol. The number of hydrogen-bond donors (Lipinski definition) is 0. The van der Waals surface area contributed by atoms with E-state index < -0.39 is 0 Å². The fraction of sp³-hybridized carbons (Fsp3) is 0.333. The molecule has 1 aliphatic heterocycles. The zero-order valence-corrected chi connectivity index (χ0v) is 14.3. The summed E-state index contributed by atoms with van der Waals surface area (Å²) in [5.74, 6) is 2.99. The Kier molecular flexibility index (Phi) is 3.83. The van der Waals surface area contributed by atoms with Crippen molar-refractivity contribution >= 4 is 5.91 Å². The number of aromatic nitrogens is 4. The zero-order chi connectivity index (χ0) is 17.4. The second kappa shape index (κ2) is 6.16. The van der Waals surface area contributed by atoms with Crippen LogP contribution in [0.15, 0.2) is 34.7 Å². The molecule has 0 bridgehead atoms. The minimum Gasteiger partial charge on any atom is -0.441 e. The minimum atomic E-state index is 0.0305. The van der Waals surface area contributed by atoms with Gasteiger partial charge in [0.15, 0.2) is 5.82 Å². The third kappa shape index (κ3) is 2.93. The van der Waals surface area contributed by atoms with E-state index in [1.807, 2.05) is 44.2 Å². The lowest BCUT2D eigenvalue weighted by Gasteiger charge is -2.27. The van der Waals surface area contributed by atoms with Gasteiger partial charge in [0.25, 0.3) is 0 Å². The molecule has 0 unspecified atom stereocenters. The molecular formula is C18H19N5O2. The first-order chi connectivity index (χ1) is 12.1. The highest BCUT2D eigenvalue weighted by molar-refractivity contribution is 5.78. The molecule has 3 heterocycles. The molecule has 2 aromatic heterocycles. The van der Waals surface area contributed by atoms with Gasteiger partial charge in [-0.2, -0.15) is 0 Å². The van der Waals surface area contributed by atoms with Crippen molar-refractivity contribution in [2.24, 2.45) is 0 Å². The highest BCUT2D eigenvalue weighted by atomic mass is 16.4. The lowest BCUT2D eigenvalue weighted by atomic mass is 10.2. The van der Waals surface area contributed by atoms with Crippen molar-refractivity contribution in [1.29, 1.82) is 0 Å². The summed E-state index contributed by atoms with van der Waals surface area (Å²) in [5.41, 5.74) is 1.60. The summed E-state index contributed by atoms with van der Waals surface area (Å²) in [5, 5.41) is 8.22. The number of amides is 1. The molecule has 0 saturated heterocycles. The van der Waals surface area contributed by atoms with E-state index >= 15 is 0 Å². The topological polar surface area (TPSA) is 77.0 Å². The lowest BCUT2D eigenvalue weighted by molar-refractivity contribution is -0.132.